The Morgan fingerprint density at radius 3 is 2.13 bits per heavy atom. The molecule has 0 spiro atoms. The van der Waals surface area contributed by atoms with Gasteiger partial charge in [0.25, 0.3) is 0 Å². The average molecular weight is 620 g/mol. The molecule has 0 N–H and O–H groups in total. The highest BCUT2D eigenvalue weighted by Crippen LogP contribution is 2.41. The summed E-state index contributed by atoms with van der Waals surface area (Å²) in [6.45, 7) is 4.82. The third kappa shape index (κ3) is 3.69. The van der Waals surface area contributed by atoms with Gasteiger partial charge in [-0.2, -0.15) is 0 Å². The molecule has 4 nitrogen and oxygen atoms in total. The minimum absolute atomic E-state index is 0.774. The molecule has 3 aromatic heterocycles. The van der Waals surface area contributed by atoms with Crippen molar-refractivity contribution in [2.45, 2.75) is 13.1 Å². The average Bonchev–Trinajstić information content (AvgIpc) is 3.74. The highest BCUT2D eigenvalue weighted by molar-refractivity contribution is 7.03. The van der Waals surface area contributed by atoms with E-state index in [1.807, 2.05) is 12.1 Å². The molecule has 0 saturated carbocycles. The molecule has 222 valence electrons. The summed E-state index contributed by atoms with van der Waals surface area (Å²) >= 11 is 0. The quantitative estimate of drug-likeness (QED) is 0.185. The molecule has 4 heterocycles. The Bertz CT molecular complexity index is 2700. The molecule has 0 fully saturated rings. The van der Waals surface area contributed by atoms with Crippen molar-refractivity contribution in [1.82, 2.24) is 14.5 Å². The standard InChI is InChI=1S/C42H29N3OSi/c1-47(2)36-19-11-8-16-31(36)39-40(26-12-4-3-5-13-26)43-41(44-42(39)47)27-20-22-28(23-21-27)45-32-17-9-6-14-29(32)37-33(45)24-25-35-38(37)30-15-7-10-18-34(30)46-35/h3-25H,1-2H3. The van der Waals surface area contributed by atoms with Gasteiger partial charge in [-0.1, -0.05) is 104 Å². The van der Waals surface area contributed by atoms with Crippen molar-refractivity contribution in [3.8, 4) is 39.5 Å². The number of nitrogens with zero attached hydrogens (tertiary/aromatic N) is 3. The van der Waals surface area contributed by atoms with Gasteiger partial charge in [0.15, 0.2) is 5.82 Å². The third-order valence-electron chi connectivity index (χ3n) is 9.98. The van der Waals surface area contributed by atoms with Gasteiger partial charge in [0.2, 0.25) is 0 Å². The maximum absolute atomic E-state index is 6.28. The minimum atomic E-state index is -2.02. The summed E-state index contributed by atoms with van der Waals surface area (Å²) in [6, 6.07) is 49.4. The number of aromatic nitrogens is 3. The predicted molar refractivity (Wildman–Crippen MR) is 197 cm³/mol. The largest absolute Gasteiger partial charge is 0.456 e. The number of para-hydroxylation sites is 2. The molecule has 0 radical (unpaired) electrons. The number of hydrogen-bond donors (Lipinski definition) is 0. The van der Waals surface area contributed by atoms with Gasteiger partial charge in [0.05, 0.1) is 16.7 Å². The molecule has 1 aliphatic rings. The lowest BCUT2D eigenvalue weighted by atomic mass is 10.0. The summed E-state index contributed by atoms with van der Waals surface area (Å²) in [7, 11) is -2.02. The Balaban J connectivity index is 1.17. The molecular weight excluding hydrogens is 591 g/mol. The molecular formula is C42H29N3OSi. The first-order chi connectivity index (χ1) is 23.1. The lowest BCUT2D eigenvalue weighted by molar-refractivity contribution is 0.669. The number of rotatable bonds is 3. The maximum atomic E-state index is 6.28. The van der Waals surface area contributed by atoms with Crippen molar-refractivity contribution < 1.29 is 4.42 Å². The topological polar surface area (TPSA) is 43.9 Å². The number of hydrogen-bond acceptors (Lipinski definition) is 3. The van der Waals surface area contributed by atoms with Crippen LogP contribution >= 0.6 is 0 Å². The van der Waals surface area contributed by atoms with E-state index in [0.29, 0.717) is 0 Å². The monoisotopic (exact) mass is 619 g/mol. The Morgan fingerprint density at radius 2 is 1.28 bits per heavy atom. The Hall–Kier alpha value is -5.78. The zero-order chi connectivity index (χ0) is 31.3. The second-order valence-electron chi connectivity index (χ2n) is 13.0. The Kier molecular flexibility index (Phi) is 5.41. The van der Waals surface area contributed by atoms with Crippen molar-refractivity contribution in [2.75, 3.05) is 0 Å². The fraction of sp³-hybridized carbons (Fsp3) is 0.0476. The van der Waals surface area contributed by atoms with Gasteiger partial charge >= 0.3 is 0 Å². The van der Waals surface area contributed by atoms with Crippen LogP contribution in [0.4, 0.5) is 0 Å². The second kappa shape index (κ2) is 9.61. The Labute approximate surface area is 272 Å². The van der Waals surface area contributed by atoms with E-state index in [1.54, 1.807) is 0 Å². The molecule has 47 heavy (non-hydrogen) atoms. The van der Waals surface area contributed by atoms with Crippen molar-refractivity contribution in [2.24, 2.45) is 0 Å². The van der Waals surface area contributed by atoms with E-state index < -0.39 is 8.07 Å². The van der Waals surface area contributed by atoms with Gasteiger partial charge in [-0.05, 0) is 59.3 Å². The van der Waals surface area contributed by atoms with Gasteiger partial charge in [-0.25, -0.2) is 9.97 Å². The molecule has 0 saturated heterocycles. The molecule has 0 atom stereocenters. The van der Waals surface area contributed by atoms with Crippen LogP contribution in [0.25, 0.3) is 83.2 Å². The van der Waals surface area contributed by atoms with Crippen molar-refractivity contribution in [3.63, 3.8) is 0 Å². The fourth-order valence-electron chi connectivity index (χ4n) is 7.79. The van der Waals surface area contributed by atoms with Crippen molar-refractivity contribution in [3.05, 3.63) is 140 Å². The summed E-state index contributed by atoms with van der Waals surface area (Å²) in [5, 5.41) is 7.38. The zero-order valence-electron chi connectivity index (χ0n) is 26.0. The molecule has 5 heteroatoms. The third-order valence-corrected chi connectivity index (χ3v) is 13.3. The highest BCUT2D eigenvalue weighted by atomic mass is 28.3. The van der Waals surface area contributed by atoms with E-state index in [4.69, 9.17) is 14.4 Å². The highest BCUT2D eigenvalue weighted by Gasteiger charge is 2.41. The van der Waals surface area contributed by atoms with Crippen LogP contribution in [0, 0.1) is 0 Å². The lowest BCUT2D eigenvalue weighted by Gasteiger charge is -2.19. The van der Waals surface area contributed by atoms with Gasteiger partial charge in [0.1, 0.15) is 19.2 Å². The summed E-state index contributed by atoms with van der Waals surface area (Å²) in [6.07, 6.45) is 0. The van der Waals surface area contributed by atoms with Crippen LogP contribution in [0.1, 0.15) is 0 Å². The Morgan fingerprint density at radius 1 is 0.553 bits per heavy atom. The first kappa shape index (κ1) is 26.4. The first-order valence-electron chi connectivity index (χ1n) is 16.1. The van der Waals surface area contributed by atoms with Crippen LogP contribution in [0.2, 0.25) is 13.1 Å². The van der Waals surface area contributed by atoms with Gasteiger partial charge in [0, 0.05) is 49.2 Å². The van der Waals surface area contributed by atoms with Crippen molar-refractivity contribution in [1.29, 1.82) is 0 Å². The van der Waals surface area contributed by atoms with Gasteiger partial charge in [-0.15, -0.1) is 0 Å². The van der Waals surface area contributed by atoms with Crippen LogP contribution in [-0.2, 0) is 0 Å². The molecule has 9 aromatic rings. The normalized spacial score (nSPS) is 13.5. The van der Waals surface area contributed by atoms with E-state index in [2.05, 4.69) is 145 Å². The van der Waals surface area contributed by atoms with Crippen LogP contribution < -0.4 is 10.5 Å². The van der Waals surface area contributed by atoms with E-state index in [0.717, 1.165) is 55.8 Å². The minimum Gasteiger partial charge on any atom is -0.456 e. The molecule has 1 aliphatic heterocycles. The maximum Gasteiger partial charge on any atom is 0.159 e. The molecule has 6 aromatic carbocycles. The molecule has 0 unspecified atom stereocenters. The van der Waals surface area contributed by atoms with E-state index in [1.165, 1.54) is 37.9 Å². The molecule has 0 bridgehead atoms. The van der Waals surface area contributed by atoms with Crippen LogP contribution in [0.15, 0.2) is 144 Å². The SMILES string of the molecule is C[Si]1(C)c2ccccc2-c2c(-c3ccccc3)nc(-c3ccc(-n4c5ccccc5c5c6c(ccc54)oc4ccccc46)cc3)nc21. The van der Waals surface area contributed by atoms with Gasteiger partial charge in [-0.3, -0.25) is 0 Å². The number of furan rings is 1. The summed E-state index contributed by atoms with van der Waals surface area (Å²) in [5.74, 6) is 0.774. The van der Waals surface area contributed by atoms with E-state index in [9.17, 15) is 0 Å². The van der Waals surface area contributed by atoms with Crippen molar-refractivity contribution >= 4 is 62.3 Å². The zero-order valence-corrected chi connectivity index (χ0v) is 27.0. The smallest absolute Gasteiger partial charge is 0.159 e. The van der Waals surface area contributed by atoms with Crippen LogP contribution in [-0.4, -0.2) is 22.6 Å². The summed E-state index contributed by atoms with van der Waals surface area (Å²) < 4.78 is 8.64. The lowest BCUT2D eigenvalue weighted by Crippen LogP contribution is -2.50. The first-order valence-corrected chi connectivity index (χ1v) is 19.1. The van der Waals surface area contributed by atoms with Crippen LogP contribution in [0.3, 0.4) is 0 Å². The predicted octanol–water partition coefficient (Wildman–Crippen LogP) is 9.61. The summed E-state index contributed by atoms with van der Waals surface area (Å²) in [4.78, 5) is 10.7. The van der Waals surface area contributed by atoms with E-state index in [-0.39, 0.29) is 0 Å². The van der Waals surface area contributed by atoms with Gasteiger partial charge < -0.3 is 8.98 Å². The summed E-state index contributed by atoms with van der Waals surface area (Å²) in [5.41, 5.74) is 10.9. The number of benzene rings is 6. The molecule has 0 amide bonds. The van der Waals surface area contributed by atoms with Crippen LogP contribution in [0.5, 0.6) is 0 Å². The fourth-order valence-corrected chi connectivity index (χ4v) is 10.7. The van der Waals surface area contributed by atoms with E-state index >= 15 is 0 Å². The molecule has 10 rings (SSSR count). The second-order valence-corrected chi connectivity index (χ2v) is 17.2. The number of fused-ring (bicyclic) bond motifs is 10. The molecule has 0 aliphatic carbocycles.